The van der Waals surface area contributed by atoms with Crippen molar-refractivity contribution >= 4 is 17.3 Å². The number of nitrogens with one attached hydrogen (secondary N) is 1. The zero-order valence-electron chi connectivity index (χ0n) is 15.0. The predicted octanol–water partition coefficient (Wildman–Crippen LogP) is 3.57. The molecule has 0 bridgehead atoms. The van der Waals surface area contributed by atoms with Crippen molar-refractivity contribution in [1.29, 1.82) is 5.41 Å². The van der Waals surface area contributed by atoms with Crippen molar-refractivity contribution in [1.82, 2.24) is 0 Å². The van der Waals surface area contributed by atoms with E-state index in [1.54, 1.807) is 0 Å². The molecule has 2 aromatic carbocycles. The van der Waals surface area contributed by atoms with E-state index in [4.69, 9.17) is 17.0 Å². The molecule has 0 heterocycles. The van der Waals surface area contributed by atoms with Gasteiger partial charge in [-0.2, -0.15) is 8.78 Å². The molecule has 0 radical (unpaired) electrons. The van der Waals surface area contributed by atoms with Gasteiger partial charge in [0.15, 0.2) is 0 Å². The van der Waals surface area contributed by atoms with Crippen LogP contribution in [0.1, 0.15) is 29.3 Å². The first kappa shape index (κ1) is 21.0. The Morgan fingerprint density at radius 3 is 2.46 bits per heavy atom. The summed E-state index contributed by atoms with van der Waals surface area (Å²) >= 11 is 0. The van der Waals surface area contributed by atoms with Gasteiger partial charge < -0.3 is 15.9 Å². The number of nitrogens with zero attached hydrogens (tertiary/aromatic N) is 1. The van der Waals surface area contributed by atoms with Gasteiger partial charge in [-0.05, 0) is 54.7 Å². The molecular formula is C19H19F3N4O2. The fourth-order valence-electron chi connectivity index (χ4n) is 2.23. The Hall–Kier alpha value is -3.33. The Morgan fingerprint density at radius 1 is 1.25 bits per heavy atom. The number of rotatable bonds is 7. The Bertz CT molecular complexity index is 899. The van der Waals surface area contributed by atoms with Gasteiger partial charge in [0.1, 0.15) is 11.6 Å². The van der Waals surface area contributed by atoms with Crippen molar-refractivity contribution in [3.63, 3.8) is 0 Å². The summed E-state index contributed by atoms with van der Waals surface area (Å²) in [5, 5.41) is 8.53. The predicted molar refractivity (Wildman–Crippen MR) is 99.9 cm³/mol. The Kier molecular flexibility index (Phi) is 6.42. The molecule has 0 unspecified atom stereocenters. The van der Waals surface area contributed by atoms with Gasteiger partial charge in [-0.3, -0.25) is 4.79 Å². The van der Waals surface area contributed by atoms with Gasteiger partial charge in [0.25, 0.3) is 5.91 Å². The van der Waals surface area contributed by atoms with Gasteiger partial charge in [0, 0.05) is 17.5 Å². The number of benzene rings is 2. The van der Waals surface area contributed by atoms with Crippen LogP contribution in [0.25, 0.3) is 0 Å². The van der Waals surface area contributed by atoms with Crippen LogP contribution in [0.3, 0.4) is 0 Å². The summed E-state index contributed by atoms with van der Waals surface area (Å²) in [6.07, 6.45) is -1.53. The first-order chi connectivity index (χ1) is 13.2. The highest BCUT2D eigenvalue weighted by molar-refractivity contribution is 6.10. The largest absolute Gasteiger partial charge is 0.433 e. The van der Waals surface area contributed by atoms with Gasteiger partial charge >= 0.3 is 6.11 Å². The van der Waals surface area contributed by atoms with E-state index in [1.807, 2.05) is 0 Å². The second-order valence-electron chi connectivity index (χ2n) is 5.73. The Morgan fingerprint density at radius 2 is 1.89 bits per heavy atom. The van der Waals surface area contributed by atoms with Crippen LogP contribution in [-0.2, 0) is 0 Å². The van der Waals surface area contributed by atoms with E-state index in [2.05, 4.69) is 4.74 Å². The normalized spacial score (nSPS) is 11.5. The second-order valence-corrected chi connectivity index (χ2v) is 5.73. The standard InChI is InChI=1S/C19H19F3N4O2/c1-2-19(21,22)28-14-6-4-13(5-7-14)26(25)18(27)12-3-8-16(20)15(11-12)17(24)9-10-23/h3-11,24H,2,23,25H2,1H3/b10-9-,24-17?. The van der Waals surface area contributed by atoms with E-state index in [0.717, 1.165) is 17.3 Å². The topological polar surface area (TPSA) is 105 Å². The minimum Gasteiger partial charge on any atom is -0.433 e. The molecule has 0 aliphatic rings. The molecule has 0 aromatic heterocycles. The zero-order chi connectivity index (χ0) is 20.9. The highest BCUT2D eigenvalue weighted by Gasteiger charge is 2.28. The number of allylic oxidation sites excluding steroid dienone is 1. The van der Waals surface area contributed by atoms with E-state index >= 15 is 0 Å². The van der Waals surface area contributed by atoms with Gasteiger partial charge in [0.2, 0.25) is 0 Å². The summed E-state index contributed by atoms with van der Waals surface area (Å²) in [4.78, 5) is 12.6. The van der Waals surface area contributed by atoms with E-state index in [9.17, 15) is 18.0 Å². The number of nitrogens with two attached hydrogens (primary N) is 2. The second kappa shape index (κ2) is 8.57. The summed E-state index contributed by atoms with van der Waals surface area (Å²) < 4.78 is 45.0. The fourth-order valence-corrected chi connectivity index (χ4v) is 2.23. The quantitative estimate of drug-likeness (QED) is 0.290. The molecule has 1 amide bonds. The molecular weight excluding hydrogens is 373 g/mol. The lowest BCUT2D eigenvalue weighted by Crippen LogP contribution is -2.37. The number of alkyl halides is 2. The summed E-state index contributed by atoms with van der Waals surface area (Å²) in [5.41, 5.74) is 5.11. The number of hydrogen-bond acceptors (Lipinski definition) is 5. The number of halogens is 3. The molecule has 0 aliphatic carbocycles. The van der Waals surface area contributed by atoms with E-state index < -0.39 is 24.3 Å². The third kappa shape index (κ3) is 4.89. The third-order valence-corrected chi connectivity index (χ3v) is 3.78. The first-order valence-electron chi connectivity index (χ1n) is 8.21. The zero-order valence-corrected chi connectivity index (χ0v) is 15.0. The first-order valence-corrected chi connectivity index (χ1v) is 8.21. The molecule has 9 heteroatoms. The molecule has 0 spiro atoms. The minimum atomic E-state index is -3.30. The van der Waals surface area contributed by atoms with Gasteiger partial charge in [-0.1, -0.05) is 6.92 Å². The van der Waals surface area contributed by atoms with Crippen LogP contribution < -0.4 is 21.3 Å². The highest BCUT2D eigenvalue weighted by Crippen LogP contribution is 2.26. The summed E-state index contributed by atoms with van der Waals surface area (Å²) in [5.74, 6) is 4.35. The molecule has 5 N–H and O–H groups in total. The summed E-state index contributed by atoms with van der Waals surface area (Å²) in [7, 11) is 0. The molecule has 0 atom stereocenters. The number of amides is 1. The lowest BCUT2D eigenvalue weighted by atomic mass is 10.0. The van der Waals surface area contributed by atoms with Crippen molar-refractivity contribution in [3.8, 4) is 5.75 Å². The maximum absolute atomic E-state index is 13.9. The van der Waals surface area contributed by atoms with Crippen molar-refractivity contribution in [2.75, 3.05) is 5.01 Å². The van der Waals surface area contributed by atoms with Crippen LogP contribution in [0.5, 0.6) is 5.75 Å². The van der Waals surface area contributed by atoms with Crippen LogP contribution in [0, 0.1) is 11.2 Å². The van der Waals surface area contributed by atoms with Crippen molar-refractivity contribution in [2.45, 2.75) is 19.5 Å². The number of carbonyl (C=O) groups excluding carboxylic acids is 1. The SMILES string of the molecule is CCC(F)(F)Oc1ccc(N(N)C(=O)c2ccc(F)c(C(=N)/C=C\N)c2)cc1. The van der Waals surface area contributed by atoms with E-state index in [0.29, 0.717) is 0 Å². The molecule has 2 aromatic rings. The third-order valence-electron chi connectivity index (χ3n) is 3.78. The van der Waals surface area contributed by atoms with Crippen LogP contribution >= 0.6 is 0 Å². The molecule has 0 saturated heterocycles. The molecule has 0 saturated carbocycles. The average Bonchev–Trinajstić information content (AvgIpc) is 2.67. The lowest BCUT2D eigenvalue weighted by molar-refractivity contribution is -0.177. The fraction of sp³-hybridized carbons (Fsp3) is 0.158. The Balaban J connectivity index is 2.23. The minimum absolute atomic E-state index is 0.0342. The van der Waals surface area contributed by atoms with Crippen LogP contribution in [0.4, 0.5) is 18.9 Å². The molecule has 6 nitrogen and oxygen atoms in total. The molecule has 0 fully saturated rings. The van der Waals surface area contributed by atoms with E-state index in [1.165, 1.54) is 49.4 Å². The van der Waals surface area contributed by atoms with Gasteiger partial charge in [0.05, 0.1) is 11.4 Å². The average molecular weight is 392 g/mol. The number of ether oxygens (including phenoxy) is 1. The molecule has 2 rings (SSSR count). The summed E-state index contributed by atoms with van der Waals surface area (Å²) in [6.45, 7) is 1.29. The highest BCUT2D eigenvalue weighted by atomic mass is 19.3. The lowest BCUT2D eigenvalue weighted by Gasteiger charge is -2.19. The molecule has 148 valence electrons. The number of carbonyl (C=O) groups is 1. The Labute approximate surface area is 159 Å². The smallest absolute Gasteiger partial charge is 0.397 e. The number of hydrazine groups is 1. The van der Waals surface area contributed by atoms with E-state index in [-0.39, 0.29) is 28.3 Å². The van der Waals surface area contributed by atoms with Crippen molar-refractivity contribution in [2.24, 2.45) is 11.6 Å². The molecule has 0 aliphatic heterocycles. The molecule has 28 heavy (non-hydrogen) atoms. The van der Waals surface area contributed by atoms with Crippen molar-refractivity contribution < 1.29 is 22.7 Å². The van der Waals surface area contributed by atoms with Gasteiger partial charge in [-0.25, -0.2) is 15.2 Å². The van der Waals surface area contributed by atoms with Crippen LogP contribution in [0.2, 0.25) is 0 Å². The monoisotopic (exact) mass is 392 g/mol. The maximum atomic E-state index is 13.9. The maximum Gasteiger partial charge on any atom is 0.397 e. The number of hydrogen-bond donors (Lipinski definition) is 3. The van der Waals surface area contributed by atoms with Crippen LogP contribution in [0.15, 0.2) is 54.7 Å². The number of anilines is 1. The van der Waals surface area contributed by atoms with Gasteiger partial charge in [-0.15, -0.1) is 0 Å². The van der Waals surface area contributed by atoms with Crippen LogP contribution in [-0.4, -0.2) is 17.7 Å². The van der Waals surface area contributed by atoms with Crippen molar-refractivity contribution in [3.05, 3.63) is 71.7 Å². The summed E-state index contributed by atoms with van der Waals surface area (Å²) in [6, 6.07) is 8.62.